The summed E-state index contributed by atoms with van der Waals surface area (Å²) < 4.78 is 5.54. The summed E-state index contributed by atoms with van der Waals surface area (Å²) in [5, 5.41) is 18.6. The predicted molar refractivity (Wildman–Crippen MR) is 135 cm³/mol. The Bertz CT molecular complexity index is 1600. The second-order valence-corrected chi connectivity index (χ2v) is 10.4. The van der Waals surface area contributed by atoms with Crippen LogP contribution in [0.5, 0.6) is 0 Å². The van der Waals surface area contributed by atoms with Crippen LogP contribution in [0.15, 0.2) is 55.5 Å². The van der Waals surface area contributed by atoms with Crippen LogP contribution >= 0.6 is 11.6 Å². The number of carbonyl (C=O) groups is 1. The van der Waals surface area contributed by atoms with E-state index >= 15 is 0 Å². The van der Waals surface area contributed by atoms with Gasteiger partial charge in [-0.05, 0) is 56.4 Å². The predicted octanol–water partition coefficient (Wildman–Crippen LogP) is 3.92. The van der Waals surface area contributed by atoms with E-state index < -0.39 is 5.60 Å². The highest BCUT2D eigenvalue weighted by Crippen LogP contribution is 2.41. The van der Waals surface area contributed by atoms with Crippen molar-refractivity contribution in [3.63, 3.8) is 0 Å². The second-order valence-electron chi connectivity index (χ2n) is 9.92. The van der Waals surface area contributed by atoms with Gasteiger partial charge in [0.25, 0.3) is 5.91 Å². The number of rotatable bonds is 7. The smallest absolute Gasteiger partial charge is 0.254 e. The van der Waals surface area contributed by atoms with Crippen molar-refractivity contribution in [2.24, 2.45) is 0 Å². The van der Waals surface area contributed by atoms with E-state index in [4.69, 9.17) is 16.6 Å². The van der Waals surface area contributed by atoms with Crippen molar-refractivity contribution < 1.29 is 9.90 Å². The molecule has 2 N–H and O–H groups in total. The molecule has 0 atom stereocenters. The number of nitrogens with one attached hydrogen (secondary N) is 1. The third-order valence-electron chi connectivity index (χ3n) is 6.55. The molecule has 9 nitrogen and oxygen atoms in total. The average molecular weight is 504 g/mol. The van der Waals surface area contributed by atoms with Crippen molar-refractivity contribution in [1.29, 1.82) is 0 Å². The van der Waals surface area contributed by atoms with Crippen LogP contribution in [0, 0.1) is 0 Å². The van der Waals surface area contributed by atoms with Gasteiger partial charge in [-0.15, -0.1) is 0 Å². The second kappa shape index (κ2) is 8.46. The van der Waals surface area contributed by atoms with E-state index in [1.165, 1.54) is 18.4 Å². The van der Waals surface area contributed by atoms with Crippen molar-refractivity contribution in [1.82, 2.24) is 33.9 Å². The lowest BCUT2D eigenvalue weighted by molar-refractivity contribution is 0.0795. The van der Waals surface area contributed by atoms with Gasteiger partial charge in [0.05, 0.1) is 53.7 Å². The fraction of sp³-hybridized carbons (Fsp3) is 0.308. The Labute approximate surface area is 212 Å². The van der Waals surface area contributed by atoms with E-state index in [1.807, 2.05) is 27.3 Å². The molecule has 1 aliphatic carbocycles. The first-order valence-electron chi connectivity index (χ1n) is 11.9. The molecular formula is C26H26ClN7O2. The molecule has 184 valence electrons. The van der Waals surface area contributed by atoms with Gasteiger partial charge < -0.3 is 19.2 Å². The molecule has 0 unspecified atom stereocenters. The maximum atomic E-state index is 12.7. The van der Waals surface area contributed by atoms with Crippen LogP contribution in [0.2, 0.25) is 5.02 Å². The molecule has 1 fully saturated rings. The van der Waals surface area contributed by atoms with Gasteiger partial charge >= 0.3 is 0 Å². The zero-order chi connectivity index (χ0) is 25.0. The Balaban J connectivity index is 1.18. The minimum Gasteiger partial charge on any atom is -0.386 e. The van der Waals surface area contributed by atoms with E-state index in [2.05, 4.69) is 27.7 Å². The first-order valence-corrected chi connectivity index (χ1v) is 12.3. The Morgan fingerprint density at radius 3 is 2.83 bits per heavy atom. The van der Waals surface area contributed by atoms with Crippen molar-refractivity contribution in [3.8, 4) is 0 Å². The number of imidazole rings is 2. The molecule has 5 heterocycles. The van der Waals surface area contributed by atoms with Gasteiger partial charge in [0.15, 0.2) is 0 Å². The minimum atomic E-state index is -1.00. The monoisotopic (exact) mass is 503 g/mol. The number of aliphatic hydroxyl groups is 1. The summed E-state index contributed by atoms with van der Waals surface area (Å²) in [6, 6.07) is 5.69. The Morgan fingerprint density at radius 1 is 1.22 bits per heavy atom. The number of aromatic nitrogens is 6. The fourth-order valence-electron chi connectivity index (χ4n) is 4.49. The number of carbonyl (C=O) groups excluding carboxylic acids is 1. The van der Waals surface area contributed by atoms with Crippen LogP contribution in [-0.4, -0.2) is 39.6 Å². The van der Waals surface area contributed by atoms with E-state index in [1.54, 1.807) is 43.3 Å². The number of amides is 1. The van der Waals surface area contributed by atoms with Gasteiger partial charge in [0.1, 0.15) is 5.65 Å². The zero-order valence-electron chi connectivity index (χ0n) is 20.0. The molecule has 10 heteroatoms. The standard InChI is InChI=1S/C26H26ClN7O2/c1-26(2,36)21-7-17(16-3-4-16)11-33-13-20(31-24(21)33)14-34-12-18(9-30-34)25(35)28-10-22-23-8-19(27)5-6-32(23)15-29-22/h5-9,11-13,15-16,36H,3-4,10,14H2,1-2H3,(H,28,35). The van der Waals surface area contributed by atoms with E-state index in [-0.39, 0.29) is 12.5 Å². The first kappa shape index (κ1) is 22.8. The number of hydrogen-bond donors (Lipinski definition) is 2. The van der Waals surface area contributed by atoms with Crippen molar-refractivity contribution in [2.45, 2.75) is 51.3 Å². The summed E-state index contributed by atoms with van der Waals surface area (Å²) in [7, 11) is 0. The summed E-state index contributed by atoms with van der Waals surface area (Å²) in [5.74, 6) is 0.323. The first-order chi connectivity index (χ1) is 17.2. The number of pyridine rings is 2. The van der Waals surface area contributed by atoms with Crippen molar-refractivity contribution in [2.75, 3.05) is 0 Å². The fourth-order valence-corrected chi connectivity index (χ4v) is 4.65. The molecular weight excluding hydrogens is 478 g/mol. The molecule has 1 saturated carbocycles. The maximum absolute atomic E-state index is 12.7. The molecule has 0 spiro atoms. The van der Waals surface area contributed by atoms with Crippen LogP contribution in [0.4, 0.5) is 0 Å². The SMILES string of the molecule is CC(C)(O)c1cc(C2CC2)cn2cc(Cn3cc(C(=O)NCc4ncn5ccc(Cl)cc45)cn3)nc12. The molecule has 0 aromatic carbocycles. The third kappa shape index (κ3) is 4.36. The van der Waals surface area contributed by atoms with Gasteiger partial charge in [-0.3, -0.25) is 9.48 Å². The molecule has 5 aromatic rings. The number of halogens is 1. The number of hydrogen-bond acceptors (Lipinski definition) is 5. The summed E-state index contributed by atoms with van der Waals surface area (Å²) in [6.07, 6.45) is 13.2. The van der Waals surface area contributed by atoms with E-state index in [0.717, 1.165) is 28.1 Å². The third-order valence-corrected chi connectivity index (χ3v) is 6.78. The zero-order valence-corrected chi connectivity index (χ0v) is 20.8. The molecule has 36 heavy (non-hydrogen) atoms. The topological polar surface area (TPSA) is 102 Å². The number of fused-ring (bicyclic) bond motifs is 2. The normalized spacial score (nSPS) is 14.1. The molecule has 6 rings (SSSR count). The molecule has 1 aliphatic rings. The van der Waals surface area contributed by atoms with Crippen LogP contribution in [-0.2, 0) is 18.7 Å². The molecule has 0 bridgehead atoms. The van der Waals surface area contributed by atoms with Gasteiger partial charge in [-0.1, -0.05) is 11.6 Å². The highest BCUT2D eigenvalue weighted by Gasteiger charge is 2.28. The lowest BCUT2D eigenvalue weighted by Gasteiger charge is -2.19. The summed E-state index contributed by atoms with van der Waals surface area (Å²) >= 11 is 6.10. The summed E-state index contributed by atoms with van der Waals surface area (Å²) in [4.78, 5) is 21.9. The van der Waals surface area contributed by atoms with Gasteiger partial charge in [-0.25, -0.2) is 9.97 Å². The Kier molecular flexibility index (Phi) is 5.35. The van der Waals surface area contributed by atoms with Gasteiger partial charge in [0.2, 0.25) is 0 Å². The van der Waals surface area contributed by atoms with Crippen molar-refractivity contribution in [3.05, 3.63) is 88.6 Å². The van der Waals surface area contributed by atoms with E-state index in [9.17, 15) is 9.90 Å². The minimum absolute atomic E-state index is 0.238. The number of nitrogens with zero attached hydrogens (tertiary/aromatic N) is 6. The maximum Gasteiger partial charge on any atom is 0.254 e. The molecule has 0 radical (unpaired) electrons. The Morgan fingerprint density at radius 2 is 2.06 bits per heavy atom. The molecule has 0 aliphatic heterocycles. The highest BCUT2D eigenvalue weighted by atomic mass is 35.5. The lowest BCUT2D eigenvalue weighted by Crippen LogP contribution is -2.22. The summed E-state index contributed by atoms with van der Waals surface area (Å²) in [5.41, 5.74) is 4.60. The van der Waals surface area contributed by atoms with Crippen LogP contribution in [0.25, 0.3) is 11.2 Å². The lowest BCUT2D eigenvalue weighted by atomic mass is 9.97. The van der Waals surface area contributed by atoms with Crippen LogP contribution < -0.4 is 5.32 Å². The van der Waals surface area contributed by atoms with Crippen molar-refractivity contribution >= 4 is 28.7 Å². The highest BCUT2D eigenvalue weighted by molar-refractivity contribution is 6.30. The van der Waals surface area contributed by atoms with Crippen LogP contribution in [0.3, 0.4) is 0 Å². The molecule has 5 aromatic heterocycles. The molecule has 1 amide bonds. The molecule has 0 saturated heterocycles. The average Bonchev–Trinajstić information content (AvgIpc) is 3.25. The summed E-state index contributed by atoms with van der Waals surface area (Å²) in [6.45, 7) is 4.25. The van der Waals surface area contributed by atoms with Gasteiger partial charge in [0, 0.05) is 35.4 Å². The van der Waals surface area contributed by atoms with Crippen LogP contribution in [0.1, 0.15) is 65.5 Å². The largest absolute Gasteiger partial charge is 0.386 e. The van der Waals surface area contributed by atoms with Gasteiger partial charge in [-0.2, -0.15) is 5.10 Å². The quantitative estimate of drug-likeness (QED) is 0.350. The van der Waals surface area contributed by atoms with E-state index in [0.29, 0.717) is 23.0 Å². The Hall–Kier alpha value is -3.69.